The van der Waals surface area contributed by atoms with Crippen LogP contribution in [-0.2, 0) is 28.7 Å². The van der Waals surface area contributed by atoms with Crippen molar-refractivity contribution in [3.8, 4) is 0 Å². The van der Waals surface area contributed by atoms with Gasteiger partial charge in [0.2, 0.25) is 0 Å². The van der Waals surface area contributed by atoms with E-state index in [9.17, 15) is 9.00 Å². The number of hydrogen-bond donors (Lipinski definition) is 1. The maximum absolute atomic E-state index is 12.3. The number of benzene rings is 2. The minimum Gasteiger partial charge on any atom is -0.455 e. The lowest BCUT2D eigenvalue weighted by molar-refractivity contribution is 0.0925. The molecule has 0 saturated carbocycles. The number of furan rings is 1. The Kier molecular flexibility index (Phi) is 6.85. The van der Waals surface area contributed by atoms with Crippen LogP contribution in [0.2, 0.25) is 5.02 Å². The predicted molar refractivity (Wildman–Crippen MR) is 108 cm³/mol. The number of hydrogen-bond acceptors (Lipinski definition) is 3. The van der Waals surface area contributed by atoms with Gasteiger partial charge in [-0.3, -0.25) is 9.00 Å². The molecule has 2 aromatic carbocycles. The van der Waals surface area contributed by atoms with Crippen molar-refractivity contribution in [2.45, 2.75) is 17.9 Å². The minimum absolute atomic E-state index is 0.229. The molecule has 1 atom stereocenters. The van der Waals surface area contributed by atoms with E-state index in [2.05, 4.69) is 5.32 Å². The van der Waals surface area contributed by atoms with Crippen LogP contribution < -0.4 is 5.32 Å². The third-order valence-corrected chi connectivity index (χ3v) is 5.61. The second-order valence-electron chi connectivity index (χ2n) is 6.08. The molecule has 0 aliphatic rings. The largest absolute Gasteiger partial charge is 0.455 e. The van der Waals surface area contributed by atoms with E-state index in [1.165, 1.54) is 0 Å². The van der Waals surface area contributed by atoms with Crippen LogP contribution in [0.25, 0.3) is 0 Å². The Bertz CT molecular complexity index is 924. The molecule has 0 fully saturated rings. The first kappa shape index (κ1) is 19.4. The predicted octanol–water partition coefficient (Wildman–Crippen LogP) is 4.35. The Hall–Kier alpha value is -2.37. The highest BCUT2D eigenvalue weighted by atomic mass is 35.5. The SMILES string of the molecule is O=C(NCCc1ccccc1)c1ccc(C[S@](=O)Cc2ccccc2Cl)o1. The third-order valence-electron chi connectivity index (χ3n) is 4.01. The lowest BCUT2D eigenvalue weighted by Crippen LogP contribution is -2.25. The highest BCUT2D eigenvalue weighted by Crippen LogP contribution is 2.18. The third kappa shape index (κ3) is 5.81. The van der Waals surface area contributed by atoms with Gasteiger partial charge in [0.15, 0.2) is 5.76 Å². The van der Waals surface area contributed by atoms with E-state index in [1.807, 2.05) is 48.5 Å². The van der Waals surface area contributed by atoms with E-state index >= 15 is 0 Å². The molecule has 27 heavy (non-hydrogen) atoms. The standard InChI is InChI=1S/C21H20ClNO3S/c22-19-9-5-4-8-17(19)14-27(25)15-18-10-11-20(26-18)21(24)23-13-12-16-6-2-1-3-7-16/h1-11H,12-15H2,(H,23,24)/t27-/m1/s1. The molecule has 0 aliphatic heterocycles. The molecule has 1 heterocycles. The Morgan fingerprint density at radius 2 is 1.70 bits per heavy atom. The molecule has 3 rings (SSSR count). The van der Waals surface area contributed by atoms with Crippen molar-refractivity contribution in [1.29, 1.82) is 0 Å². The molecular weight excluding hydrogens is 382 g/mol. The Morgan fingerprint density at radius 3 is 2.48 bits per heavy atom. The summed E-state index contributed by atoms with van der Waals surface area (Å²) in [5.74, 6) is 1.07. The van der Waals surface area contributed by atoms with Gasteiger partial charge in [0.1, 0.15) is 5.76 Å². The molecular formula is C21H20ClNO3S. The van der Waals surface area contributed by atoms with Gasteiger partial charge in [-0.1, -0.05) is 60.1 Å². The molecule has 0 aliphatic carbocycles. The molecule has 140 valence electrons. The summed E-state index contributed by atoms with van der Waals surface area (Å²) >= 11 is 6.10. The zero-order valence-electron chi connectivity index (χ0n) is 14.7. The van der Waals surface area contributed by atoms with Gasteiger partial charge in [-0.05, 0) is 35.7 Å². The molecule has 6 heteroatoms. The van der Waals surface area contributed by atoms with E-state index in [-0.39, 0.29) is 17.4 Å². The Balaban J connectivity index is 1.49. The number of nitrogens with one attached hydrogen (secondary N) is 1. The van der Waals surface area contributed by atoms with Gasteiger partial charge in [-0.15, -0.1) is 0 Å². The first-order valence-electron chi connectivity index (χ1n) is 8.61. The average molecular weight is 402 g/mol. The number of halogens is 1. The van der Waals surface area contributed by atoms with Crippen molar-refractivity contribution >= 4 is 28.3 Å². The fraction of sp³-hybridized carbons (Fsp3) is 0.190. The molecule has 0 bridgehead atoms. The fourth-order valence-electron chi connectivity index (χ4n) is 2.63. The van der Waals surface area contributed by atoms with Crippen molar-refractivity contribution in [1.82, 2.24) is 5.32 Å². The van der Waals surface area contributed by atoms with Crippen molar-refractivity contribution in [3.63, 3.8) is 0 Å². The van der Waals surface area contributed by atoms with Crippen LogP contribution in [0, 0.1) is 0 Å². The average Bonchev–Trinajstić information content (AvgIpc) is 3.13. The highest BCUT2D eigenvalue weighted by molar-refractivity contribution is 7.83. The van der Waals surface area contributed by atoms with Crippen LogP contribution in [0.5, 0.6) is 0 Å². The summed E-state index contributed by atoms with van der Waals surface area (Å²) in [5.41, 5.74) is 2.00. The van der Waals surface area contributed by atoms with Gasteiger partial charge in [0.25, 0.3) is 5.91 Å². The molecule has 0 spiro atoms. The zero-order valence-corrected chi connectivity index (χ0v) is 16.3. The minimum atomic E-state index is -1.17. The molecule has 0 radical (unpaired) electrons. The van der Waals surface area contributed by atoms with Crippen LogP contribution >= 0.6 is 11.6 Å². The second-order valence-corrected chi connectivity index (χ2v) is 7.94. The second kappa shape index (κ2) is 9.53. The molecule has 4 nitrogen and oxygen atoms in total. The van der Waals surface area contributed by atoms with E-state index < -0.39 is 10.8 Å². The lowest BCUT2D eigenvalue weighted by atomic mass is 10.1. The van der Waals surface area contributed by atoms with Gasteiger partial charge in [0.05, 0.1) is 11.5 Å². The molecule has 1 amide bonds. The summed E-state index contributed by atoms with van der Waals surface area (Å²) in [7, 11) is -1.17. The first-order chi connectivity index (χ1) is 13.1. The quantitative estimate of drug-likeness (QED) is 0.610. The smallest absolute Gasteiger partial charge is 0.287 e. The highest BCUT2D eigenvalue weighted by Gasteiger charge is 2.13. The van der Waals surface area contributed by atoms with E-state index in [0.717, 1.165) is 17.5 Å². The number of carbonyl (C=O) groups excluding carboxylic acids is 1. The van der Waals surface area contributed by atoms with Gasteiger partial charge in [-0.2, -0.15) is 0 Å². The van der Waals surface area contributed by atoms with Gasteiger partial charge >= 0.3 is 0 Å². The first-order valence-corrected chi connectivity index (χ1v) is 10.5. The van der Waals surface area contributed by atoms with Crippen LogP contribution in [0.1, 0.15) is 27.4 Å². The summed E-state index contributed by atoms with van der Waals surface area (Å²) < 4.78 is 17.9. The normalized spacial score (nSPS) is 11.9. The summed E-state index contributed by atoms with van der Waals surface area (Å²) in [6.45, 7) is 0.525. The maximum Gasteiger partial charge on any atom is 0.287 e. The number of amides is 1. The van der Waals surface area contributed by atoms with Crippen LogP contribution in [0.4, 0.5) is 0 Å². The van der Waals surface area contributed by atoms with Crippen LogP contribution in [0.3, 0.4) is 0 Å². The van der Waals surface area contributed by atoms with E-state index in [4.69, 9.17) is 16.0 Å². The van der Waals surface area contributed by atoms with Gasteiger partial charge in [-0.25, -0.2) is 0 Å². The summed E-state index contributed by atoms with van der Waals surface area (Å²) in [4.78, 5) is 12.2. The summed E-state index contributed by atoms with van der Waals surface area (Å²) in [5, 5.41) is 3.44. The maximum atomic E-state index is 12.3. The summed E-state index contributed by atoms with van der Waals surface area (Å²) in [6, 6.07) is 20.6. The van der Waals surface area contributed by atoms with Crippen molar-refractivity contribution in [2.24, 2.45) is 0 Å². The van der Waals surface area contributed by atoms with E-state index in [1.54, 1.807) is 18.2 Å². The number of carbonyl (C=O) groups is 1. The van der Waals surface area contributed by atoms with E-state index in [0.29, 0.717) is 23.1 Å². The topological polar surface area (TPSA) is 59.3 Å². The Labute approximate surface area is 166 Å². The molecule has 0 unspecified atom stereocenters. The Morgan fingerprint density at radius 1 is 0.963 bits per heavy atom. The zero-order chi connectivity index (χ0) is 19.1. The molecule has 3 aromatic rings. The van der Waals surface area contributed by atoms with Crippen molar-refractivity contribution in [2.75, 3.05) is 6.54 Å². The van der Waals surface area contributed by atoms with Crippen LogP contribution in [0.15, 0.2) is 71.1 Å². The van der Waals surface area contributed by atoms with Crippen LogP contribution in [-0.4, -0.2) is 16.7 Å². The van der Waals surface area contributed by atoms with Crippen molar-refractivity contribution in [3.05, 3.63) is 94.4 Å². The van der Waals surface area contributed by atoms with Crippen molar-refractivity contribution < 1.29 is 13.4 Å². The molecule has 0 saturated heterocycles. The molecule has 1 aromatic heterocycles. The monoisotopic (exact) mass is 401 g/mol. The van der Waals surface area contributed by atoms with Gasteiger partial charge < -0.3 is 9.73 Å². The molecule has 1 N–H and O–H groups in total. The fourth-order valence-corrected chi connectivity index (χ4v) is 4.08. The lowest BCUT2D eigenvalue weighted by Gasteiger charge is -2.04. The number of rotatable bonds is 8. The van der Waals surface area contributed by atoms with Gasteiger partial charge in [0, 0.05) is 22.4 Å². The summed E-state index contributed by atoms with van der Waals surface area (Å²) in [6.07, 6.45) is 0.752.